The highest BCUT2D eigenvalue weighted by Gasteiger charge is 2.08. The average molecular weight is 297 g/mol. The molecule has 1 aromatic heterocycles. The van der Waals surface area contributed by atoms with Crippen LogP contribution in [0, 0.1) is 0 Å². The van der Waals surface area contributed by atoms with Crippen LogP contribution < -0.4 is 5.32 Å². The molecule has 2 aromatic carbocycles. The van der Waals surface area contributed by atoms with E-state index in [1.165, 1.54) is 5.56 Å². The molecular formula is C18H17ClN2. The van der Waals surface area contributed by atoms with Crippen LogP contribution in [0.4, 0.5) is 5.69 Å². The smallest absolute Gasteiger partial charge is 0.0751 e. The summed E-state index contributed by atoms with van der Waals surface area (Å²) >= 11 is 6.23. The molecule has 0 bridgehead atoms. The molecule has 0 saturated heterocycles. The molecule has 0 aliphatic rings. The molecule has 21 heavy (non-hydrogen) atoms. The maximum Gasteiger partial charge on any atom is 0.0751 e. The summed E-state index contributed by atoms with van der Waals surface area (Å²) in [4.78, 5) is 4.48. The summed E-state index contributed by atoms with van der Waals surface area (Å²) in [6.07, 6.45) is 1.83. The fraction of sp³-hybridized carbons (Fsp3) is 0.167. The molecular weight excluding hydrogens is 280 g/mol. The van der Waals surface area contributed by atoms with Gasteiger partial charge in [0.05, 0.1) is 10.9 Å². The minimum Gasteiger partial charge on any atom is -0.381 e. The van der Waals surface area contributed by atoms with Gasteiger partial charge >= 0.3 is 0 Å². The summed E-state index contributed by atoms with van der Waals surface area (Å²) in [5, 5.41) is 4.63. The Morgan fingerprint density at radius 1 is 1.05 bits per heavy atom. The minimum absolute atomic E-state index is 0.0145. The van der Waals surface area contributed by atoms with Gasteiger partial charge in [-0.1, -0.05) is 42.5 Å². The van der Waals surface area contributed by atoms with Crippen LogP contribution in [0.2, 0.25) is 0 Å². The van der Waals surface area contributed by atoms with E-state index in [4.69, 9.17) is 11.6 Å². The molecule has 0 saturated carbocycles. The number of aromatic nitrogens is 1. The number of fused-ring (bicyclic) bond motifs is 1. The third-order valence-electron chi connectivity index (χ3n) is 3.57. The van der Waals surface area contributed by atoms with E-state index in [-0.39, 0.29) is 5.38 Å². The van der Waals surface area contributed by atoms with Gasteiger partial charge in [0.15, 0.2) is 0 Å². The van der Waals surface area contributed by atoms with E-state index in [2.05, 4.69) is 46.7 Å². The third kappa shape index (κ3) is 3.01. The fourth-order valence-electron chi connectivity index (χ4n) is 2.51. The molecule has 1 unspecified atom stereocenters. The molecule has 1 heterocycles. The standard InChI is InChI=1S/C18H17ClN2/c1-13(19)16-9-2-3-10-17(16)21-12-15-7-4-6-14-8-5-11-20-18(14)15/h2-11,13,21H,12H2,1H3. The maximum atomic E-state index is 6.23. The van der Waals surface area contributed by atoms with Crippen LogP contribution in [0.25, 0.3) is 10.9 Å². The van der Waals surface area contributed by atoms with Crippen molar-refractivity contribution in [1.82, 2.24) is 4.98 Å². The zero-order chi connectivity index (χ0) is 14.7. The van der Waals surface area contributed by atoms with Gasteiger partial charge in [0.25, 0.3) is 0 Å². The Labute approximate surface area is 129 Å². The molecule has 0 spiro atoms. The molecule has 3 rings (SSSR count). The number of hydrogen-bond donors (Lipinski definition) is 1. The molecule has 0 amide bonds. The predicted octanol–water partition coefficient (Wildman–Crippen LogP) is 5.15. The van der Waals surface area contributed by atoms with Crippen LogP contribution in [0.15, 0.2) is 60.8 Å². The van der Waals surface area contributed by atoms with Crippen molar-refractivity contribution < 1.29 is 0 Å². The van der Waals surface area contributed by atoms with Gasteiger partial charge in [0, 0.05) is 23.8 Å². The van der Waals surface area contributed by atoms with Crippen molar-refractivity contribution in [3.05, 3.63) is 71.9 Å². The normalized spacial score (nSPS) is 12.3. The molecule has 3 aromatic rings. The molecule has 0 aliphatic carbocycles. The zero-order valence-corrected chi connectivity index (χ0v) is 12.6. The number of rotatable bonds is 4. The van der Waals surface area contributed by atoms with E-state index in [9.17, 15) is 0 Å². The van der Waals surface area contributed by atoms with E-state index in [0.717, 1.165) is 28.7 Å². The molecule has 0 radical (unpaired) electrons. The number of nitrogens with one attached hydrogen (secondary N) is 1. The van der Waals surface area contributed by atoms with Crippen LogP contribution in [0.3, 0.4) is 0 Å². The number of benzene rings is 2. The lowest BCUT2D eigenvalue weighted by Crippen LogP contribution is -2.03. The maximum absolute atomic E-state index is 6.23. The summed E-state index contributed by atoms with van der Waals surface area (Å²) in [7, 11) is 0. The highest BCUT2D eigenvalue weighted by atomic mass is 35.5. The van der Waals surface area contributed by atoms with Crippen LogP contribution in [0.5, 0.6) is 0 Å². The molecule has 106 valence electrons. The van der Waals surface area contributed by atoms with E-state index >= 15 is 0 Å². The second-order valence-electron chi connectivity index (χ2n) is 5.05. The average Bonchev–Trinajstić information content (AvgIpc) is 2.53. The zero-order valence-electron chi connectivity index (χ0n) is 11.9. The SMILES string of the molecule is CC(Cl)c1ccccc1NCc1cccc2cccnc12. The van der Waals surface area contributed by atoms with E-state index in [0.29, 0.717) is 0 Å². The van der Waals surface area contributed by atoms with Gasteiger partial charge in [-0.3, -0.25) is 4.98 Å². The van der Waals surface area contributed by atoms with Crippen LogP contribution in [-0.4, -0.2) is 4.98 Å². The molecule has 1 N–H and O–H groups in total. The fourth-order valence-corrected chi connectivity index (χ4v) is 2.70. The number of pyridine rings is 1. The van der Waals surface area contributed by atoms with Gasteiger partial charge in [-0.15, -0.1) is 11.6 Å². The predicted molar refractivity (Wildman–Crippen MR) is 89.8 cm³/mol. The number of para-hydroxylation sites is 2. The van der Waals surface area contributed by atoms with Crippen molar-refractivity contribution in [2.24, 2.45) is 0 Å². The minimum atomic E-state index is -0.0145. The third-order valence-corrected chi connectivity index (χ3v) is 3.81. The first-order valence-corrected chi connectivity index (χ1v) is 7.49. The number of anilines is 1. The van der Waals surface area contributed by atoms with E-state index in [1.807, 2.05) is 31.3 Å². The Kier molecular flexibility index (Phi) is 4.07. The Bertz CT molecular complexity index is 748. The van der Waals surface area contributed by atoms with Gasteiger partial charge in [-0.25, -0.2) is 0 Å². The summed E-state index contributed by atoms with van der Waals surface area (Å²) in [6.45, 7) is 2.72. The highest BCUT2D eigenvalue weighted by molar-refractivity contribution is 6.21. The summed E-state index contributed by atoms with van der Waals surface area (Å²) < 4.78 is 0. The van der Waals surface area contributed by atoms with Gasteiger partial charge in [0.2, 0.25) is 0 Å². The largest absolute Gasteiger partial charge is 0.381 e. The lowest BCUT2D eigenvalue weighted by Gasteiger charge is -2.14. The summed E-state index contributed by atoms with van der Waals surface area (Å²) in [5.74, 6) is 0. The quantitative estimate of drug-likeness (QED) is 0.674. The van der Waals surface area contributed by atoms with Crippen LogP contribution >= 0.6 is 11.6 Å². The van der Waals surface area contributed by atoms with Crippen molar-refractivity contribution in [3.8, 4) is 0 Å². The van der Waals surface area contributed by atoms with Crippen molar-refractivity contribution in [3.63, 3.8) is 0 Å². The monoisotopic (exact) mass is 296 g/mol. The van der Waals surface area contributed by atoms with E-state index < -0.39 is 0 Å². The molecule has 1 atom stereocenters. The molecule has 2 nitrogen and oxygen atoms in total. The number of nitrogens with zero attached hydrogens (tertiary/aromatic N) is 1. The number of halogens is 1. The van der Waals surface area contributed by atoms with Crippen molar-refractivity contribution in [1.29, 1.82) is 0 Å². The first-order chi connectivity index (χ1) is 10.3. The van der Waals surface area contributed by atoms with Gasteiger partial charge < -0.3 is 5.32 Å². The number of hydrogen-bond acceptors (Lipinski definition) is 2. The summed E-state index contributed by atoms with van der Waals surface area (Å²) in [5.41, 5.74) is 4.43. The van der Waals surface area contributed by atoms with Crippen molar-refractivity contribution >= 4 is 28.2 Å². The highest BCUT2D eigenvalue weighted by Crippen LogP contribution is 2.27. The van der Waals surface area contributed by atoms with E-state index in [1.54, 1.807) is 0 Å². The second kappa shape index (κ2) is 6.15. The lowest BCUT2D eigenvalue weighted by molar-refractivity contribution is 1.06. The molecule has 0 fully saturated rings. The Morgan fingerprint density at radius 3 is 2.71 bits per heavy atom. The van der Waals surface area contributed by atoms with Crippen LogP contribution in [-0.2, 0) is 6.54 Å². The Morgan fingerprint density at radius 2 is 1.86 bits per heavy atom. The van der Waals surface area contributed by atoms with Crippen molar-refractivity contribution in [2.45, 2.75) is 18.8 Å². The Balaban J connectivity index is 1.87. The Hall–Kier alpha value is -2.06. The topological polar surface area (TPSA) is 24.9 Å². The second-order valence-corrected chi connectivity index (χ2v) is 5.70. The van der Waals surface area contributed by atoms with Gasteiger partial charge in [-0.05, 0) is 30.2 Å². The first-order valence-electron chi connectivity index (χ1n) is 7.05. The van der Waals surface area contributed by atoms with Gasteiger partial charge in [-0.2, -0.15) is 0 Å². The summed E-state index contributed by atoms with van der Waals surface area (Å²) in [6, 6.07) is 18.5. The van der Waals surface area contributed by atoms with Crippen molar-refractivity contribution in [2.75, 3.05) is 5.32 Å². The number of alkyl halides is 1. The lowest BCUT2D eigenvalue weighted by atomic mass is 10.1. The first kappa shape index (κ1) is 13.9. The van der Waals surface area contributed by atoms with Crippen LogP contribution in [0.1, 0.15) is 23.4 Å². The van der Waals surface area contributed by atoms with Gasteiger partial charge in [0.1, 0.15) is 0 Å². The molecule has 3 heteroatoms. The molecule has 0 aliphatic heterocycles.